The van der Waals surface area contributed by atoms with Gasteiger partial charge in [-0.05, 0) is 56.7 Å². The number of halogens is 3. The van der Waals surface area contributed by atoms with Gasteiger partial charge in [0.25, 0.3) is 5.91 Å². The zero-order valence-corrected chi connectivity index (χ0v) is 15.2. The summed E-state index contributed by atoms with van der Waals surface area (Å²) in [5.41, 5.74) is 0.657. The van der Waals surface area contributed by atoms with Gasteiger partial charge in [0.15, 0.2) is 0 Å². The number of benzene rings is 1. The number of carbonyl (C=O) groups excluding carboxylic acids is 1. The lowest BCUT2D eigenvalue weighted by atomic mass is 9.93. The van der Waals surface area contributed by atoms with Gasteiger partial charge < -0.3 is 10.4 Å². The second kappa shape index (κ2) is 7.24. The number of carbonyl (C=O) groups is 1. The first kappa shape index (κ1) is 19.0. The monoisotopic (exact) mass is 393 g/mol. The molecule has 0 saturated heterocycles. The number of nitrogens with one attached hydrogen (secondary N) is 1. The van der Waals surface area contributed by atoms with E-state index in [-0.39, 0.29) is 24.0 Å². The van der Waals surface area contributed by atoms with Gasteiger partial charge >= 0.3 is 6.18 Å². The smallest absolute Gasteiger partial charge is 0.393 e. The number of aliphatic hydroxyl groups is 1. The first-order valence-electron chi connectivity index (χ1n) is 9.57. The minimum Gasteiger partial charge on any atom is -0.393 e. The minimum absolute atomic E-state index is 0.000129. The van der Waals surface area contributed by atoms with Gasteiger partial charge in [-0.25, -0.2) is 4.68 Å². The molecule has 0 radical (unpaired) electrons. The van der Waals surface area contributed by atoms with Crippen molar-refractivity contribution < 1.29 is 23.1 Å². The number of nitrogens with zero attached hydrogens (tertiary/aromatic N) is 2. The SMILES string of the molecule is O=C(NC1CCC(O)CC1)c1cnn(-c2cccc(C(F)(F)F)c2)c1C1CC1. The molecule has 0 atom stereocenters. The summed E-state index contributed by atoms with van der Waals surface area (Å²) in [4.78, 5) is 12.8. The number of hydrogen-bond donors (Lipinski definition) is 2. The Morgan fingerprint density at radius 2 is 1.86 bits per heavy atom. The lowest BCUT2D eigenvalue weighted by Crippen LogP contribution is -2.38. The van der Waals surface area contributed by atoms with Crippen LogP contribution in [0, 0.1) is 0 Å². The molecule has 28 heavy (non-hydrogen) atoms. The summed E-state index contributed by atoms with van der Waals surface area (Å²) in [5, 5.41) is 16.8. The van der Waals surface area contributed by atoms with Gasteiger partial charge in [-0.3, -0.25) is 4.79 Å². The van der Waals surface area contributed by atoms with Crippen LogP contribution in [-0.4, -0.2) is 32.9 Å². The second-order valence-electron chi connectivity index (χ2n) is 7.66. The number of aromatic nitrogens is 2. The van der Waals surface area contributed by atoms with Gasteiger partial charge in [0.05, 0.1) is 34.8 Å². The molecule has 2 fully saturated rings. The van der Waals surface area contributed by atoms with E-state index in [0.29, 0.717) is 42.6 Å². The molecule has 0 spiro atoms. The highest BCUT2D eigenvalue weighted by molar-refractivity contribution is 5.95. The van der Waals surface area contributed by atoms with Crippen molar-refractivity contribution in [2.45, 2.75) is 62.8 Å². The molecular weight excluding hydrogens is 371 g/mol. The molecule has 150 valence electrons. The summed E-state index contributed by atoms with van der Waals surface area (Å²) in [6.07, 6.45) is 1.23. The normalized spacial score (nSPS) is 22.9. The Balaban J connectivity index is 1.61. The molecule has 0 bridgehead atoms. The quantitative estimate of drug-likeness (QED) is 0.830. The van der Waals surface area contributed by atoms with E-state index >= 15 is 0 Å². The number of hydrogen-bond acceptors (Lipinski definition) is 3. The van der Waals surface area contributed by atoms with Crippen molar-refractivity contribution in [2.75, 3.05) is 0 Å². The average Bonchev–Trinajstić information content (AvgIpc) is 3.40. The number of amides is 1. The standard InChI is InChI=1S/C20H22F3N3O2/c21-20(22,23)13-2-1-3-15(10-13)26-18(12-4-5-12)17(11-24-26)19(28)25-14-6-8-16(27)9-7-14/h1-3,10-12,14,16,27H,4-9H2,(H,25,28). The molecular formula is C20H22F3N3O2. The fourth-order valence-electron chi connectivity index (χ4n) is 3.79. The Hall–Kier alpha value is -2.35. The van der Waals surface area contributed by atoms with Crippen LogP contribution in [-0.2, 0) is 6.18 Å². The van der Waals surface area contributed by atoms with Crippen LogP contribution < -0.4 is 5.32 Å². The average molecular weight is 393 g/mol. The third-order valence-electron chi connectivity index (χ3n) is 5.47. The van der Waals surface area contributed by atoms with Gasteiger partial charge in [-0.2, -0.15) is 18.3 Å². The van der Waals surface area contributed by atoms with E-state index < -0.39 is 11.7 Å². The third kappa shape index (κ3) is 3.92. The van der Waals surface area contributed by atoms with Crippen molar-refractivity contribution >= 4 is 5.91 Å². The van der Waals surface area contributed by atoms with Crippen LogP contribution in [0.1, 0.15) is 66.1 Å². The molecule has 2 saturated carbocycles. The van der Waals surface area contributed by atoms with Crippen molar-refractivity contribution in [3.05, 3.63) is 47.3 Å². The van der Waals surface area contributed by atoms with Crippen LogP contribution >= 0.6 is 0 Å². The Bertz CT molecular complexity index is 866. The van der Waals surface area contributed by atoms with E-state index in [1.807, 2.05) is 0 Å². The van der Waals surface area contributed by atoms with E-state index in [9.17, 15) is 23.1 Å². The molecule has 0 unspecified atom stereocenters. The molecule has 4 rings (SSSR count). The summed E-state index contributed by atoms with van der Waals surface area (Å²) in [6.45, 7) is 0. The van der Waals surface area contributed by atoms with Crippen LogP contribution in [0.5, 0.6) is 0 Å². The minimum atomic E-state index is -4.44. The van der Waals surface area contributed by atoms with E-state index in [1.165, 1.54) is 16.9 Å². The number of aliphatic hydroxyl groups excluding tert-OH is 1. The van der Waals surface area contributed by atoms with Crippen LogP contribution in [0.3, 0.4) is 0 Å². The summed E-state index contributed by atoms with van der Waals surface area (Å²) >= 11 is 0. The van der Waals surface area contributed by atoms with Crippen molar-refractivity contribution in [3.63, 3.8) is 0 Å². The Morgan fingerprint density at radius 3 is 2.50 bits per heavy atom. The molecule has 2 aromatic rings. The summed E-state index contributed by atoms with van der Waals surface area (Å²) in [7, 11) is 0. The van der Waals surface area contributed by atoms with Gasteiger partial charge in [-0.15, -0.1) is 0 Å². The molecule has 8 heteroatoms. The highest BCUT2D eigenvalue weighted by Gasteiger charge is 2.35. The maximum atomic E-state index is 13.1. The molecule has 1 aromatic heterocycles. The van der Waals surface area contributed by atoms with E-state index in [4.69, 9.17) is 0 Å². The Kier molecular flexibility index (Phi) is 4.91. The Labute approximate surface area is 160 Å². The fraction of sp³-hybridized carbons (Fsp3) is 0.500. The predicted octanol–water partition coefficient (Wildman–Crippen LogP) is 3.80. The lowest BCUT2D eigenvalue weighted by Gasteiger charge is -2.26. The zero-order chi connectivity index (χ0) is 19.9. The summed E-state index contributed by atoms with van der Waals surface area (Å²) < 4.78 is 40.7. The van der Waals surface area contributed by atoms with Gasteiger partial charge in [-0.1, -0.05) is 6.07 Å². The van der Waals surface area contributed by atoms with E-state index in [2.05, 4.69) is 10.4 Å². The van der Waals surface area contributed by atoms with Crippen molar-refractivity contribution in [3.8, 4) is 5.69 Å². The van der Waals surface area contributed by atoms with Crippen molar-refractivity contribution in [1.82, 2.24) is 15.1 Å². The lowest BCUT2D eigenvalue weighted by molar-refractivity contribution is -0.137. The van der Waals surface area contributed by atoms with Gasteiger partial charge in [0.2, 0.25) is 0 Å². The van der Waals surface area contributed by atoms with Crippen molar-refractivity contribution in [2.24, 2.45) is 0 Å². The molecule has 1 amide bonds. The van der Waals surface area contributed by atoms with E-state index in [1.54, 1.807) is 6.07 Å². The maximum Gasteiger partial charge on any atom is 0.416 e. The molecule has 1 heterocycles. The van der Waals surface area contributed by atoms with Crippen LogP contribution in [0.25, 0.3) is 5.69 Å². The van der Waals surface area contributed by atoms with Crippen LogP contribution in [0.15, 0.2) is 30.5 Å². The van der Waals surface area contributed by atoms with E-state index in [0.717, 1.165) is 25.0 Å². The van der Waals surface area contributed by atoms with Crippen LogP contribution in [0.4, 0.5) is 13.2 Å². The summed E-state index contributed by atoms with van der Waals surface area (Å²) in [5.74, 6) is -0.118. The zero-order valence-electron chi connectivity index (χ0n) is 15.2. The largest absolute Gasteiger partial charge is 0.416 e. The highest BCUT2D eigenvalue weighted by atomic mass is 19.4. The van der Waals surface area contributed by atoms with Gasteiger partial charge in [0.1, 0.15) is 0 Å². The third-order valence-corrected chi connectivity index (χ3v) is 5.47. The Morgan fingerprint density at radius 1 is 1.14 bits per heavy atom. The number of alkyl halides is 3. The van der Waals surface area contributed by atoms with Crippen molar-refractivity contribution in [1.29, 1.82) is 0 Å². The second-order valence-corrected chi connectivity index (χ2v) is 7.66. The molecule has 2 aliphatic rings. The van der Waals surface area contributed by atoms with Crippen LogP contribution in [0.2, 0.25) is 0 Å². The first-order chi connectivity index (χ1) is 13.3. The topological polar surface area (TPSA) is 67.2 Å². The fourth-order valence-corrected chi connectivity index (χ4v) is 3.79. The first-order valence-corrected chi connectivity index (χ1v) is 9.57. The molecule has 2 N–H and O–H groups in total. The molecule has 5 nitrogen and oxygen atoms in total. The predicted molar refractivity (Wildman–Crippen MR) is 96.3 cm³/mol. The highest BCUT2D eigenvalue weighted by Crippen LogP contribution is 2.43. The number of rotatable bonds is 4. The maximum absolute atomic E-state index is 13.1. The molecule has 1 aromatic carbocycles. The molecule has 0 aliphatic heterocycles. The van der Waals surface area contributed by atoms with Gasteiger partial charge in [0, 0.05) is 12.0 Å². The molecule has 2 aliphatic carbocycles. The summed E-state index contributed by atoms with van der Waals surface area (Å²) in [6, 6.07) is 5.00.